The lowest BCUT2D eigenvalue weighted by molar-refractivity contribution is -0.138. The summed E-state index contributed by atoms with van der Waals surface area (Å²) >= 11 is 1.32. The van der Waals surface area contributed by atoms with Crippen molar-refractivity contribution >= 4 is 47.6 Å². The van der Waals surface area contributed by atoms with E-state index < -0.39 is 18.3 Å². The van der Waals surface area contributed by atoms with Crippen molar-refractivity contribution in [3.05, 3.63) is 0 Å². The third kappa shape index (κ3) is 12.1. The lowest BCUT2D eigenvalue weighted by atomic mass is 10.3. The lowest BCUT2D eigenvalue weighted by Gasteiger charge is -2.17. The Hall–Kier alpha value is -3.07. The minimum Gasteiger partial charge on any atom is -0.447 e. The number of thioether (sulfide) groups is 1. The van der Waals surface area contributed by atoms with Gasteiger partial charge in [-0.1, -0.05) is 0 Å². The predicted octanol–water partition coefficient (Wildman–Crippen LogP) is -1.02. The zero-order valence-corrected chi connectivity index (χ0v) is 21.6. The highest BCUT2D eigenvalue weighted by atomic mass is 32.2. The molecule has 15 heteroatoms. The molecule has 0 spiro atoms. The SMILES string of the molecule is CNC(=O)OCC(COC(=O)NC)OCCCC(=O)NCCNC(=O)CCN1C(=O)CC(SC)C1=O. The Balaban J connectivity index is 2.18. The van der Waals surface area contributed by atoms with Crippen LogP contribution in [0.2, 0.25) is 0 Å². The summed E-state index contributed by atoms with van der Waals surface area (Å²) in [5.74, 6) is -1.10. The molecule has 4 N–H and O–H groups in total. The molecule has 14 nitrogen and oxygen atoms in total. The van der Waals surface area contributed by atoms with Gasteiger partial charge in [0.25, 0.3) is 0 Å². The summed E-state index contributed by atoms with van der Waals surface area (Å²) in [7, 11) is 2.81. The molecule has 1 fully saturated rings. The number of imide groups is 1. The van der Waals surface area contributed by atoms with Crippen molar-refractivity contribution < 1.29 is 43.0 Å². The van der Waals surface area contributed by atoms with Crippen LogP contribution in [-0.2, 0) is 33.4 Å². The number of nitrogens with zero attached hydrogens (tertiary/aromatic N) is 1. The third-order valence-electron chi connectivity index (χ3n) is 4.93. The van der Waals surface area contributed by atoms with Crippen LogP contribution in [0.5, 0.6) is 0 Å². The second-order valence-corrected chi connectivity index (χ2v) is 8.60. The van der Waals surface area contributed by atoms with Crippen LogP contribution in [0.1, 0.15) is 25.7 Å². The van der Waals surface area contributed by atoms with Gasteiger partial charge in [-0.2, -0.15) is 11.8 Å². The van der Waals surface area contributed by atoms with E-state index >= 15 is 0 Å². The van der Waals surface area contributed by atoms with Gasteiger partial charge in [-0.3, -0.25) is 24.1 Å². The summed E-state index contributed by atoms with van der Waals surface area (Å²) in [6.07, 6.45) is 0.433. The largest absolute Gasteiger partial charge is 0.447 e. The first-order valence-electron chi connectivity index (χ1n) is 11.4. The molecule has 0 saturated carbocycles. The van der Waals surface area contributed by atoms with Gasteiger partial charge in [0.15, 0.2) is 0 Å². The molecule has 0 aliphatic carbocycles. The van der Waals surface area contributed by atoms with E-state index in [-0.39, 0.29) is 87.6 Å². The van der Waals surface area contributed by atoms with E-state index in [1.54, 1.807) is 6.26 Å². The minimum atomic E-state index is -0.698. The molecule has 1 rings (SSSR count). The molecule has 1 saturated heterocycles. The second kappa shape index (κ2) is 17.4. The number of carbonyl (C=O) groups excluding carboxylic acids is 6. The van der Waals surface area contributed by atoms with Crippen molar-refractivity contribution in [2.24, 2.45) is 0 Å². The number of hydrogen-bond donors (Lipinski definition) is 4. The number of amides is 6. The number of alkyl carbamates (subject to hydrolysis) is 2. The maximum Gasteiger partial charge on any atom is 0.406 e. The number of hydrogen-bond acceptors (Lipinski definition) is 10. The Kier molecular flexibility index (Phi) is 14.9. The Morgan fingerprint density at radius 3 is 2.03 bits per heavy atom. The van der Waals surface area contributed by atoms with Gasteiger partial charge in [-0.15, -0.1) is 0 Å². The topological polar surface area (TPSA) is 181 Å². The standard InChI is InChI=1S/C21H35N5O9S/c1-22-20(31)34-12-14(13-35-21(32)23-2)33-10-4-5-16(27)24-7-8-25-17(28)6-9-26-18(29)11-15(36-3)19(26)30/h14-15H,4-13H2,1-3H3,(H,22,31)(H,23,32)(H,24,27)(H,25,28). The molecule has 1 aliphatic heterocycles. The van der Waals surface area contributed by atoms with Crippen molar-refractivity contribution in [3.63, 3.8) is 0 Å². The molecular weight excluding hydrogens is 498 g/mol. The number of rotatable bonds is 16. The van der Waals surface area contributed by atoms with Gasteiger partial charge in [0.05, 0.1) is 5.25 Å². The van der Waals surface area contributed by atoms with Crippen LogP contribution in [0.4, 0.5) is 9.59 Å². The summed E-state index contributed by atoms with van der Waals surface area (Å²) in [6.45, 7) is 0.336. The summed E-state index contributed by atoms with van der Waals surface area (Å²) in [4.78, 5) is 71.4. The van der Waals surface area contributed by atoms with Crippen LogP contribution in [0, 0.1) is 0 Å². The van der Waals surface area contributed by atoms with Crippen LogP contribution in [-0.4, -0.2) is 112 Å². The molecule has 1 aliphatic rings. The van der Waals surface area contributed by atoms with Crippen molar-refractivity contribution in [2.75, 3.05) is 59.8 Å². The Morgan fingerprint density at radius 2 is 1.53 bits per heavy atom. The van der Waals surface area contributed by atoms with E-state index in [0.29, 0.717) is 6.42 Å². The first-order valence-corrected chi connectivity index (χ1v) is 12.7. The monoisotopic (exact) mass is 533 g/mol. The van der Waals surface area contributed by atoms with E-state index in [0.717, 1.165) is 4.90 Å². The highest BCUT2D eigenvalue weighted by Crippen LogP contribution is 2.22. The van der Waals surface area contributed by atoms with Crippen molar-refractivity contribution in [1.82, 2.24) is 26.2 Å². The molecule has 1 unspecified atom stereocenters. The molecule has 204 valence electrons. The summed E-state index contributed by atoms with van der Waals surface area (Å²) in [5, 5.41) is 9.50. The molecule has 0 aromatic rings. The fourth-order valence-corrected chi connectivity index (χ4v) is 3.61. The third-order valence-corrected chi connectivity index (χ3v) is 5.87. The predicted molar refractivity (Wildman–Crippen MR) is 129 cm³/mol. The first-order chi connectivity index (χ1) is 17.2. The van der Waals surface area contributed by atoms with E-state index in [9.17, 15) is 28.8 Å². The molecule has 6 amide bonds. The molecule has 1 heterocycles. The number of likely N-dealkylation sites (tertiary alicyclic amines) is 1. The van der Waals surface area contributed by atoms with Gasteiger partial charge in [-0.25, -0.2) is 9.59 Å². The second-order valence-electron chi connectivity index (χ2n) is 7.56. The average Bonchev–Trinajstić information content (AvgIpc) is 3.15. The van der Waals surface area contributed by atoms with Gasteiger partial charge >= 0.3 is 12.2 Å². The maximum absolute atomic E-state index is 12.0. The van der Waals surface area contributed by atoms with Gasteiger partial charge in [0.1, 0.15) is 19.3 Å². The highest BCUT2D eigenvalue weighted by molar-refractivity contribution is 8.00. The van der Waals surface area contributed by atoms with Crippen molar-refractivity contribution in [2.45, 2.75) is 37.0 Å². The maximum atomic E-state index is 12.0. The van der Waals surface area contributed by atoms with Crippen LogP contribution < -0.4 is 21.3 Å². The summed E-state index contributed by atoms with van der Waals surface area (Å²) in [5.41, 5.74) is 0. The zero-order chi connectivity index (χ0) is 26.9. The molecule has 0 aromatic heterocycles. The summed E-state index contributed by atoms with van der Waals surface area (Å²) in [6, 6.07) is 0. The minimum absolute atomic E-state index is 0.00169. The molecule has 0 radical (unpaired) electrons. The average molecular weight is 534 g/mol. The smallest absolute Gasteiger partial charge is 0.406 e. The van der Waals surface area contributed by atoms with E-state index in [4.69, 9.17) is 14.2 Å². The molecule has 36 heavy (non-hydrogen) atoms. The van der Waals surface area contributed by atoms with Crippen molar-refractivity contribution in [3.8, 4) is 0 Å². The van der Waals surface area contributed by atoms with E-state index in [1.165, 1.54) is 25.9 Å². The molecule has 1 atom stereocenters. The first kappa shape index (κ1) is 31.0. The Bertz CT molecular complexity index is 763. The Labute approximate surface area is 213 Å². The zero-order valence-electron chi connectivity index (χ0n) is 20.8. The van der Waals surface area contributed by atoms with Crippen molar-refractivity contribution in [1.29, 1.82) is 0 Å². The van der Waals surface area contributed by atoms with Crippen LogP contribution in [0.25, 0.3) is 0 Å². The van der Waals surface area contributed by atoms with Gasteiger partial charge < -0.3 is 35.5 Å². The quantitative estimate of drug-likeness (QED) is 0.142. The number of ether oxygens (including phenoxy) is 3. The van der Waals surface area contributed by atoms with Gasteiger partial charge in [0.2, 0.25) is 23.6 Å². The highest BCUT2D eigenvalue weighted by Gasteiger charge is 2.37. The fourth-order valence-electron chi connectivity index (χ4n) is 2.97. The lowest BCUT2D eigenvalue weighted by Crippen LogP contribution is -2.38. The van der Waals surface area contributed by atoms with Crippen LogP contribution in [0.15, 0.2) is 0 Å². The van der Waals surface area contributed by atoms with Crippen LogP contribution >= 0.6 is 11.8 Å². The Morgan fingerprint density at radius 1 is 0.972 bits per heavy atom. The fraction of sp³-hybridized carbons (Fsp3) is 0.714. The molecular formula is C21H35N5O9S. The number of carbonyl (C=O) groups is 6. The van der Waals surface area contributed by atoms with Crippen LogP contribution in [0.3, 0.4) is 0 Å². The molecule has 0 bridgehead atoms. The molecule has 0 aromatic carbocycles. The van der Waals surface area contributed by atoms with E-state index in [1.807, 2.05) is 0 Å². The van der Waals surface area contributed by atoms with Gasteiger partial charge in [-0.05, 0) is 12.7 Å². The summed E-state index contributed by atoms with van der Waals surface area (Å²) < 4.78 is 15.4. The normalized spacial score (nSPS) is 15.0. The number of nitrogens with one attached hydrogen (secondary N) is 4. The van der Waals surface area contributed by atoms with Gasteiger partial charge in [0, 0.05) is 59.6 Å². The van der Waals surface area contributed by atoms with E-state index in [2.05, 4.69) is 21.3 Å².